The topological polar surface area (TPSA) is 74.7 Å². The number of Topliss-reactive ketones (excluding diaryl/α,β-unsaturated/α-hetero) is 1. The SMILES string of the molecule is CC(C)C(=O)c1cnc2ccc(-c3ccc(O)c(OC(C)(F)F)c3)cc2c1NC1CCC(N(C)C)CC1. The Hall–Kier alpha value is -3.26. The Morgan fingerprint density at radius 1 is 1.11 bits per heavy atom. The number of fused-ring (bicyclic) bond motifs is 1. The zero-order valence-electron chi connectivity index (χ0n) is 22.0. The highest BCUT2D eigenvalue weighted by atomic mass is 19.3. The Kier molecular flexibility index (Phi) is 7.69. The van der Waals surface area contributed by atoms with Gasteiger partial charge in [0.2, 0.25) is 0 Å². The monoisotopic (exact) mass is 511 g/mol. The van der Waals surface area contributed by atoms with Crippen LogP contribution in [0.25, 0.3) is 22.0 Å². The molecular formula is C29H35F2N3O3. The summed E-state index contributed by atoms with van der Waals surface area (Å²) in [5.41, 5.74) is 3.36. The van der Waals surface area contributed by atoms with E-state index in [1.807, 2.05) is 32.0 Å². The molecule has 6 nitrogen and oxygen atoms in total. The van der Waals surface area contributed by atoms with E-state index < -0.39 is 6.11 Å². The van der Waals surface area contributed by atoms with Crippen molar-refractivity contribution >= 4 is 22.4 Å². The number of nitrogens with zero attached hydrogens (tertiary/aromatic N) is 2. The highest BCUT2D eigenvalue weighted by Gasteiger charge is 2.27. The van der Waals surface area contributed by atoms with Crippen molar-refractivity contribution in [3.05, 3.63) is 48.2 Å². The molecule has 0 aliphatic heterocycles. The van der Waals surface area contributed by atoms with Crippen LogP contribution in [-0.2, 0) is 0 Å². The van der Waals surface area contributed by atoms with Crippen LogP contribution in [0.3, 0.4) is 0 Å². The fourth-order valence-electron chi connectivity index (χ4n) is 4.93. The van der Waals surface area contributed by atoms with Gasteiger partial charge in [0, 0.05) is 36.5 Å². The zero-order valence-corrected chi connectivity index (χ0v) is 22.0. The summed E-state index contributed by atoms with van der Waals surface area (Å²) in [4.78, 5) is 20.0. The van der Waals surface area contributed by atoms with Gasteiger partial charge in [0.25, 0.3) is 0 Å². The van der Waals surface area contributed by atoms with Gasteiger partial charge in [-0.2, -0.15) is 8.78 Å². The number of pyridine rings is 1. The molecule has 0 radical (unpaired) electrons. The Labute approximate surface area is 216 Å². The van der Waals surface area contributed by atoms with Gasteiger partial charge >= 0.3 is 6.11 Å². The summed E-state index contributed by atoms with van der Waals surface area (Å²) in [6.07, 6.45) is 2.35. The van der Waals surface area contributed by atoms with Gasteiger partial charge in [-0.1, -0.05) is 26.0 Å². The van der Waals surface area contributed by atoms with Crippen LogP contribution in [0.15, 0.2) is 42.6 Å². The van der Waals surface area contributed by atoms with Crippen LogP contribution in [0.2, 0.25) is 0 Å². The number of hydrogen-bond donors (Lipinski definition) is 2. The van der Waals surface area contributed by atoms with Gasteiger partial charge in [0.1, 0.15) is 0 Å². The second kappa shape index (κ2) is 10.6. The fraction of sp³-hybridized carbons (Fsp3) is 0.448. The van der Waals surface area contributed by atoms with Crippen molar-refractivity contribution in [3.8, 4) is 22.6 Å². The lowest BCUT2D eigenvalue weighted by Gasteiger charge is -2.34. The van der Waals surface area contributed by atoms with Crippen molar-refractivity contribution in [2.75, 3.05) is 19.4 Å². The lowest BCUT2D eigenvalue weighted by atomic mass is 9.89. The number of alkyl halides is 2. The largest absolute Gasteiger partial charge is 0.504 e. The van der Waals surface area contributed by atoms with E-state index in [1.165, 1.54) is 12.1 Å². The van der Waals surface area contributed by atoms with Crippen LogP contribution in [0.4, 0.5) is 14.5 Å². The number of ketones is 1. The second-order valence-corrected chi connectivity index (χ2v) is 10.5. The Balaban J connectivity index is 1.77. The van der Waals surface area contributed by atoms with E-state index in [1.54, 1.807) is 12.3 Å². The average molecular weight is 512 g/mol. The number of nitrogens with one attached hydrogen (secondary N) is 1. The van der Waals surface area contributed by atoms with E-state index in [9.17, 15) is 18.7 Å². The summed E-state index contributed by atoms with van der Waals surface area (Å²) >= 11 is 0. The maximum Gasteiger partial charge on any atom is 0.395 e. The number of carbonyl (C=O) groups excluding carboxylic acids is 1. The number of phenols is 1. The molecule has 2 N–H and O–H groups in total. The molecule has 0 saturated heterocycles. The van der Waals surface area contributed by atoms with Crippen LogP contribution in [0, 0.1) is 5.92 Å². The molecule has 3 aromatic rings. The third kappa shape index (κ3) is 6.18. The first-order chi connectivity index (χ1) is 17.4. The molecule has 1 fully saturated rings. The minimum Gasteiger partial charge on any atom is -0.504 e. The quantitative estimate of drug-likeness (QED) is 0.327. The van der Waals surface area contributed by atoms with Crippen LogP contribution >= 0.6 is 0 Å². The molecule has 1 aliphatic carbocycles. The molecule has 0 amide bonds. The van der Waals surface area contributed by atoms with Crippen molar-refractivity contribution in [2.24, 2.45) is 5.92 Å². The van der Waals surface area contributed by atoms with Crippen molar-refractivity contribution < 1.29 is 23.4 Å². The lowest BCUT2D eigenvalue weighted by Crippen LogP contribution is -2.36. The smallest absolute Gasteiger partial charge is 0.395 e. The third-order valence-electron chi connectivity index (χ3n) is 7.02. The number of ether oxygens (including phenoxy) is 1. The standard InChI is InChI=1S/C29H35F2N3O3/c1-17(2)28(36)23-16-32-24-12-6-18(19-7-13-25(35)26(15-19)37-29(3,30)31)14-22(24)27(23)33-20-8-10-21(11-9-20)34(4)5/h6-7,12-17,20-21,35H,8-11H2,1-5H3,(H,32,33). The van der Waals surface area contributed by atoms with Gasteiger partial charge in [-0.15, -0.1) is 0 Å². The van der Waals surface area contributed by atoms with Crippen LogP contribution in [0.1, 0.15) is 56.8 Å². The number of rotatable bonds is 8. The summed E-state index contributed by atoms with van der Waals surface area (Å²) in [6.45, 7) is 4.37. The van der Waals surface area contributed by atoms with Gasteiger partial charge in [-0.3, -0.25) is 9.78 Å². The predicted octanol–water partition coefficient (Wildman–Crippen LogP) is 6.72. The van der Waals surface area contributed by atoms with Crippen molar-refractivity contribution in [1.82, 2.24) is 9.88 Å². The Bertz CT molecular complexity index is 1280. The average Bonchev–Trinajstić information content (AvgIpc) is 2.84. The van der Waals surface area contributed by atoms with Crippen LogP contribution in [-0.4, -0.2) is 53.1 Å². The van der Waals surface area contributed by atoms with Crippen molar-refractivity contribution in [1.29, 1.82) is 0 Å². The molecule has 1 heterocycles. The number of phenolic OH excluding ortho intramolecular Hbond substituents is 1. The first-order valence-electron chi connectivity index (χ1n) is 12.7. The Morgan fingerprint density at radius 3 is 2.38 bits per heavy atom. The molecule has 0 spiro atoms. The molecular weight excluding hydrogens is 476 g/mol. The highest BCUT2D eigenvalue weighted by Crippen LogP contribution is 2.38. The molecule has 37 heavy (non-hydrogen) atoms. The first-order valence-corrected chi connectivity index (χ1v) is 12.7. The molecule has 1 saturated carbocycles. The number of benzene rings is 2. The lowest BCUT2D eigenvalue weighted by molar-refractivity contribution is -0.159. The summed E-state index contributed by atoms with van der Waals surface area (Å²) < 4.78 is 31.6. The fourth-order valence-corrected chi connectivity index (χ4v) is 4.93. The molecule has 0 bridgehead atoms. The summed E-state index contributed by atoms with van der Waals surface area (Å²) in [6, 6.07) is 10.7. The number of aromatic hydroxyl groups is 1. The Morgan fingerprint density at radius 2 is 1.76 bits per heavy atom. The minimum absolute atomic E-state index is 0.00905. The third-order valence-corrected chi connectivity index (χ3v) is 7.02. The highest BCUT2D eigenvalue weighted by molar-refractivity contribution is 6.09. The number of anilines is 1. The van der Waals surface area contributed by atoms with Crippen molar-refractivity contribution in [2.45, 2.75) is 64.6 Å². The van der Waals surface area contributed by atoms with Gasteiger partial charge in [-0.05, 0) is 75.2 Å². The van der Waals surface area contributed by atoms with Gasteiger partial charge in [0.05, 0.1) is 16.8 Å². The number of halogens is 2. The molecule has 4 rings (SSSR count). The molecule has 2 aromatic carbocycles. The van der Waals surface area contributed by atoms with E-state index in [4.69, 9.17) is 0 Å². The second-order valence-electron chi connectivity index (χ2n) is 10.5. The predicted molar refractivity (Wildman–Crippen MR) is 143 cm³/mol. The number of carbonyl (C=O) groups is 1. The van der Waals surface area contributed by atoms with Gasteiger partial charge in [0.15, 0.2) is 17.3 Å². The van der Waals surface area contributed by atoms with E-state index in [0.29, 0.717) is 24.1 Å². The number of hydrogen-bond acceptors (Lipinski definition) is 6. The molecule has 198 valence electrons. The maximum atomic E-state index is 13.5. The molecule has 0 unspecified atom stereocenters. The summed E-state index contributed by atoms with van der Waals surface area (Å²) in [5, 5.41) is 14.5. The normalized spacial score (nSPS) is 18.4. The van der Waals surface area contributed by atoms with Crippen LogP contribution in [0.5, 0.6) is 11.5 Å². The zero-order chi connectivity index (χ0) is 26.9. The van der Waals surface area contributed by atoms with E-state index in [-0.39, 0.29) is 29.2 Å². The molecule has 1 aromatic heterocycles. The molecule has 1 aliphatic rings. The first kappa shape index (κ1) is 26.8. The summed E-state index contributed by atoms with van der Waals surface area (Å²) in [7, 11) is 4.22. The van der Waals surface area contributed by atoms with E-state index in [2.05, 4.69) is 34.0 Å². The minimum atomic E-state index is -3.43. The maximum absolute atomic E-state index is 13.5. The van der Waals surface area contributed by atoms with E-state index in [0.717, 1.165) is 47.8 Å². The van der Waals surface area contributed by atoms with Gasteiger partial charge in [-0.25, -0.2) is 0 Å². The summed E-state index contributed by atoms with van der Waals surface area (Å²) in [5.74, 6) is -0.856. The van der Waals surface area contributed by atoms with Crippen molar-refractivity contribution in [3.63, 3.8) is 0 Å². The molecule has 8 heteroatoms. The molecule has 0 atom stereocenters. The van der Waals surface area contributed by atoms with Gasteiger partial charge < -0.3 is 20.1 Å². The van der Waals surface area contributed by atoms with Crippen LogP contribution < -0.4 is 10.1 Å². The van der Waals surface area contributed by atoms with E-state index >= 15 is 0 Å². The number of aromatic nitrogens is 1.